The maximum atomic E-state index is 11.5. The van der Waals surface area contributed by atoms with Gasteiger partial charge in [0.25, 0.3) is 0 Å². The van der Waals surface area contributed by atoms with Crippen LogP contribution < -0.4 is 0 Å². The molecule has 0 aromatic rings. The average Bonchev–Trinajstić information content (AvgIpc) is 2.34. The van der Waals surface area contributed by atoms with Gasteiger partial charge < -0.3 is 9.31 Å². The number of hydrogen-bond donors (Lipinski definition) is 0. The van der Waals surface area contributed by atoms with Crippen molar-refractivity contribution < 1.29 is 14.1 Å². The minimum absolute atomic E-state index is 0.133. The van der Waals surface area contributed by atoms with E-state index in [1.54, 1.807) is 0 Å². The maximum Gasteiger partial charge on any atom is 0.457 e. The highest BCUT2D eigenvalue weighted by Crippen LogP contribution is 2.38. The second-order valence-corrected chi connectivity index (χ2v) is 6.20. The highest BCUT2D eigenvalue weighted by molar-refractivity contribution is 6.45. The van der Waals surface area contributed by atoms with Crippen LogP contribution in [0.15, 0.2) is 0 Å². The first-order valence-electron chi connectivity index (χ1n) is 6.54. The van der Waals surface area contributed by atoms with Gasteiger partial charge in [0, 0.05) is 12.3 Å². The van der Waals surface area contributed by atoms with Gasteiger partial charge in [-0.15, -0.1) is 0 Å². The smallest absolute Gasteiger partial charge is 0.403 e. The summed E-state index contributed by atoms with van der Waals surface area (Å²) in [5, 5.41) is 0. The Hall–Kier alpha value is -0.345. The SMILES string of the molecule is CC(C)C(=O)CCCB1OC(C)(C)C(C)(C)O1. The molecule has 0 unspecified atom stereocenters. The zero-order valence-electron chi connectivity index (χ0n) is 12.0. The molecular weight excluding hydrogens is 215 g/mol. The monoisotopic (exact) mass is 240 g/mol. The molecule has 0 aromatic carbocycles. The number of hydrogen-bond acceptors (Lipinski definition) is 3. The first-order valence-corrected chi connectivity index (χ1v) is 6.54. The number of ketones is 1. The molecule has 1 aliphatic heterocycles. The van der Waals surface area contributed by atoms with E-state index in [1.165, 1.54) is 0 Å². The number of rotatable bonds is 5. The van der Waals surface area contributed by atoms with Crippen LogP contribution in [-0.2, 0) is 14.1 Å². The van der Waals surface area contributed by atoms with E-state index < -0.39 is 0 Å². The van der Waals surface area contributed by atoms with Crippen LogP contribution in [0.2, 0.25) is 6.32 Å². The molecular formula is C13H25BO3. The van der Waals surface area contributed by atoms with E-state index in [0.29, 0.717) is 12.2 Å². The van der Waals surface area contributed by atoms with Gasteiger partial charge in [0.15, 0.2) is 0 Å². The molecule has 0 aliphatic carbocycles. The fourth-order valence-corrected chi connectivity index (χ4v) is 1.81. The quantitative estimate of drug-likeness (QED) is 0.692. The fraction of sp³-hybridized carbons (Fsp3) is 0.923. The van der Waals surface area contributed by atoms with Crippen molar-refractivity contribution in [2.24, 2.45) is 5.92 Å². The standard InChI is InChI=1S/C13H25BO3/c1-10(2)11(15)8-7-9-14-16-12(3,4)13(5,6)17-14/h10H,7-9H2,1-6H3. The molecule has 1 saturated heterocycles. The normalized spacial score (nSPS) is 22.2. The lowest BCUT2D eigenvalue weighted by atomic mass is 9.81. The van der Waals surface area contributed by atoms with Crippen LogP contribution in [-0.4, -0.2) is 24.1 Å². The molecule has 0 amide bonds. The van der Waals surface area contributed by atoms with Crippen LogP contribution in [0.1, 0.15) is 54.4 Å². The van der Waals surface area contributed by atoms with Gasteiger partial charge in [0.2, 0.25) is 0 Å². The van der Waals surface area contributed by atoms with Crippen LogP contribution >= 0.6 is 0 Å². The van der Waals surface area contributed by atoms with Crippen LogP contribution in [0, 0.1) is 5.92 Å². The Balaban J connectivity index is 2.34. The van der Waals surface area contributed by atoms with Crippen LogP contribution in [0.5, 0.6) is 0 Å². The van der Waals surface area contributed by atoms with Crippen molar-refractivity contribution in [2.45, 2.75) is 71.9 Å². The predicted molar refractivity (Wildman–Crippen MR) is 70.0 cm³/mol. The molecule has 98 valence electrons. The van der Waals surface area contributed by atoms with Gasteiger partial charge in [-0.2, -0.15) is 0 Å². The first kappa shape index (κ1) is 14.7. The maximum absolute atomic E-state index is 11.5. The number of carbonyl (C=O) groups excluding carboxylic acids is 1. The van der Waals surface area contributed by atoms with Gasteiger partial charge in [0.1, 0.15) is 5.78 Å². The molecule has 0 aromatic heterocycles. The first-order chi connectivity index (χ1) is 7.66. The zero-order chi connectivity index (χ0) is 13.3. The summed E-state index contributed by atoms with van der Waals surface area (Å²) >= 11 is 0. The van der Waals surface area contributed by atoms with Crippen LogP contribution in [0.4, 0.5) is 0 Å². The minimum Gasteiger partial charge on any atom is -0.403 e. The Morgan fingerprint density at radius 2 is 1.59 bits per heavy atom. The predicted octanol–water partition coefficient (Wildman–Crippen LogP) is 3.08. The molecule has 1 fully saturated rings. The third-order valence-electron chi connectivity index (χ3n) is 3.81. The second kappa shape index (κ2) is 5.11. The van der Waals surface area contributed by atoms with E-state index in [-0.39, 0.29) is 24.2 Å². The van der Waals surface area contributed by atoms with Crippen molar-refractivity contribution in [3.05, 3.63) is 0 Å². The highest BCUT2D eigenvalue weighted by Gasteiger charge is 2.50. The fourth-order valence-electron chi connectivity index (χ4n) is 1.81. The third-order valence-corrected chi connectivity index (χ3v) is 3.81. The van der Waals surface area contributed by atoms with Gasteiger partial charge in [-0.3, -0.25) is 4.79 Å². The largest absolute Gasteiger partial charge is 0.457 e. The van der Waals surface area contributed by atoms with Gasteiger partial charge in [-0.1, -0.05) is 13.8 Å². The summed E-state index contributed by atoms with van der Waals surface area (Å²) in [5.74, 6) is 0.454. The van der Waals surface area contributed by atoms with Crippen molar-refractivity contribution >= 4 is 12.9 Å². The van der Waals surface area contributed by atoms with Crippen LogP contribution in [0.25, 0.3) is 0 Å². The van der Waals surface area contributed by atoms with Gasteiger partial charge >= 0.3 is 7.12 Å². The Labute approximate surface area is 105 Å². The second-order valence-electron chi connectivity index (χ2n) is 6.20. The Bertz CT molecular complexity index is 268. The Morgan fingerprint density at radius 3 is 2.00 bits per heavy atom. The molecule has 0 N–H and O–H groups in total. The number of Topliss-reactive ketones (excluding diaryl/α,β-unsaturated/α-hetero) is 1. The highest BCUT2D eigenvalue weighted by atomic mass is 16.7. The minimum atomic E-state index is -0.264. The molecule has 0 spiro atoms. The van der Waals surface area contributed by atoms with Crippen LogP contribution in [0.3, 0.4) is 0 Å². The molecule has 4 heteroatoms. The summed E-state index contributed by atoms with van der Waals surface area (Å²) in [5.41, 5.74) is -0.528. The zero-order valence-corrected chi connectivity index (χ0v) is 12.0. The van der Waals surface area contributed by atoms with E-state index in [9.17, 15) is 4.79 Å². The van der Waals surface area contributed by atoms with Crippen molar-refractivity contribution in [1.82, 2.24) is 0 Å². The average molecular weight is 240 g/mol. The van der Waals surface area contributed by atoms with Crippen molar-refractivity contribution in [1.29, 1.82) is 0 Å². The topological polar surface area (TPSA) is 35.5 Å². The summed E-state index contributed by atoms with van der Waals surface area (Å²) in [6.45, 7) is 12.1. The molecule has 1 heterocycles. The Kier molecular flexibility index (Phi) is 4.42. The van der Waals surface area contributed by atoms with E-state index in [1.807, 2.05) is 41.5 Å². The van der Waals surface area contributed by atoms with E-state index in [4.69, 9.17) is 9.31 Å². The van der Waals surface area contributed by atoms with E-state index in [2.05, 4.69) is 0 Å². The molecule has 1 rings (SSSR count). The summed E-state index contributed by atoms with van der Waals surface area (Å²) in [4.78, 5) is 11.5. The molecule has 0 saturated carbocycles. The number of carbonyl (C=O) groups is 1. The lowest BCUT2D eigenvalue weighted by molar-refractivity contribution is -0.121. The molecule has 0 radical (unpaired) electrons. The van der Waals surface area contributed by atoms with Crippen molar-refractivity contribution in [2.75, 3.05) is 0 Å². The van der Waals surface area contributed by atoms with E-state index in [0.717, 1.165) is 12.7 Å². The summed E-state index contributed by atoms with van der Waals surface area (Å²) < 4.78 is 11.7. The lowest BCUT2D eigenvalue weighted by Gasteiger charge is -2.32. The molecule has 1 aliphatic rings. The third kappa shape index (κ3) is 3.55. The summed E-state index contributed by atoms with van der Waals surface area (Å²) in [6.07, 6.45) is 2.26. The van der Waals surface area contributed by atoms with Crippen molar-refractivity contribution in [3.8, 4) is 0 Å². The summed E-state index contributed by atoms with van der Waals surface area (Å²) in [6, 6.07) is 0. The van der Waals surface area contributed by atoms with Gasteiger partial charge in [0.05, 0.1) is 11.2 Å². The molecule has 0 bridgehead atoms. The lowest BCUT2D eigenvalue weighted by Crippen LogP contribution is -2.41. The molecule has 3 nitrogen and oxygen atoms in total. The van der Waals surface area contributed by atoms with Gasteiger partial charge in [-0.25, -0.2) is 0 Å². The van der Waals surface area contributed by atoms with E-state index >= 15 is 0 Å². The van der Waals surface area contributed by atoms with Crippen molar-refractivity contribution in [3.63, 3.8) is 0 Å². The molecule has 0 atom stereocenters. The molecule has 17 heavy (non-hydrogen) atoms. The summed E-state index contributed by atoms with van der Waals surface area (Å²) in [7, 11) is -0.167. The van der Waals surface area contributed by atoms with Gasteiger partial charge in [-0.05, 0) is 40.4 Å². The Morgan fingerprint density at radius 1 is 1.12 bits per heavy atom.